The van der Waals surface area contributed by atoms with E-state index in [1.807, 2.05) is 0 Å². The Kier molecular flexibility index (Phi) is 22.3. The Morgan fingerprint density at radius 3 is 1.21 bits per heavy atom. The Labute approximate surface area is 146 Å². The van der Waals surface area contributed by atoms with Gasteiger partial charge in [-0.3, -0.25) is 0 Å². The fourth-order valence-corrected chi connectivity index (χ4v) is 4.93. The third-order valence-corrected chi connectivity index (χ3v) is 7.02. The molecule has 0 nitrogen and oxygen atoms in total. The van der Waals surface area contributed by atoms with Gasteiger partial charge in [0.05, 0.1) is 0 Å². The van der Waals surface area contributed by atoms with Gasteiger partial charge in [-0.05, 0) is 5.54 Å². The van der Waals surface area contributed by atoms with Gasteiger partial charge in [-0.15, -0.1) is 0 Å². The van der Waals surface area contributed by atoms with E-state index < -0.39 is 28.2 Å². The van der Waals surface area contributed by atoms with Crippen LogP contribution in [0.1, 0.15) is 57.8 Å². The van der Waals surface area contributed by atoms with Gasteiger partial charge in [-0.25, -0.2) is 0 Å². The predicted octanol–water partition coefficient (Wildman–Crippen LogP) is 7.60. The summed E-state index contributed by atoms with van der Waals surface area (Å²) in [7, 11) is 8.62. The van der Waals surface area contributed by atoms with E-state index in [9.17, 15) is 0 Å². The molecule has 2 aliphatic rings. The summed E-state index contributed by atoms with van der Waals surface area (Å²) < 4.78 is 0. The molecule has 0 unspecified atom stereocenters. The van der Waals surface area contributed by atoms with Crippen molar-refractivity contribution in [2.75, 3.05) is 0 Å². The number of halogens is 3. The van der Waals surface area contributed by atoms with Crippen molar-refractivity contribution in [2.24, 2.45) is 0 Å². The second-order valence-electron chi connectivity index (χ2n) is 5.38. The van der Waals surface area contributed by atoms with Crippen molar-refractivity contribution in [1.82, 2.24) is 0 Å². The molecule has 0 saturated heterocycles. The van der Waals surface area contributed by atoms with Crippen LogP contribution >= 0.6 is 28.1 Å². The molecule has 0 aromatic carbocycles. The van der Waals surface area contributed by atoms with E-state index in [-0.39, 0.29) is 14.9 Å². The van der Waals surface area contributed by atoms with Gasteiger partial charge in [0.1, 0.15) is 0 Å². The van der Waals surface area contributed by atoms with Gasteiger partial charge in [0.15, 0.2) is 7.38 Å². The van der Waals surface area contributed by atoms with Crippen molar-refractivity contribution in [3.63, 3.8) is 0 Å². The molecule has 0 N–H and O–H groups in total. The Hall–Kier alpha value is 1.97. The molecular formula is C14H31Cl3SiZr. The van der Waals surface area contributed by atoms with Gasteiger partial charge in [-0.2, -0.15) is 11.1 Å². The molecule has 0 bridgehead atoms. The molecule has 0 aromatic rings. The van der Waals surface area contributed by atoms with Crippen LogP contribution in [0.3, 0.4) is 0 Å². The minimum atomic E-state index is -1.25. The molecule has 0 aliphatic heterocycles. The Morgan fingerprint density at radius 1 is 0.789 bits per heavy atom. The summed E-state index contributed by atoms with van der Waals surface area (Å²) in [6.07, 6.45) is 13.2. The van der Waals surface area contributed by atoms with E-state index in [1.165, 1.54) is 57.8 Å². The van der Waals surface area contributed by atoms with E-state index in [4.69, 9.17) is 28.1 Å². The summed E-state index contributed by atoms with van der Waals surface area (Å²) in [5.74, 6) is 0. The van der Waals surface area contributed by atoms with Crippen LogP contribution in [-0.4, -0.2) is 7.38 Å². The molecule has 0 radical (unpaired) electrons. The van der Waals surface area contributed by atoms with Crippen molar-refractivity contribution in [3.05, 3.63) is 14.9 Å². The van der Waals surface area contributed by atoms with Crippen LogP contribution in [0.2, 0.25) is 18.6 Å². The normalized spacial score (nSPS) is 17.7. The molecule has 0 atom stereocenters. The standard InChI is InChI=1S/C7H15ClSi.C5H10.2CH3.2ClH.Zr/c1-9(2,8)7-5-3-4-6-7;1-2-4-5-3-1;;;;;/h7H,3-6H2,1-2H3;1-5H2;2*1H3;2*1H;/q;;2*-1;;;+4/p-2. The molecule has 2 rings (SSSR count). The molecule has 0 amide bonds. The maximum absolute atomic E-state index is 6.28. The van der Waals surface area contributed by atoms with Crippen molar-refractivity contribution in [2.45, 2.75) is 76.4 Å². The fraction of sp³-hybridized carbons (Fsp3) is 0.857. The molecule has 19 heavy (non-hydrogen) atoms. The third kappa shape index (κ3) is 16.2. The van der Waals surface area contributed by atoms with E-state index in [1.54, 1.807) is 0 Å². The van der Waals surface area contributed by atoms with Gasteiger partial charge in [-0.1, -0.05) is 70.9 Å². The van der Waals surface area contributed by atoms with Crippen LogP contribution in [0.25, 0.3) is 0 Å². The molecule has 0 spiro atoms. The van der Waals surface area contributed by atoms with Crippen LogP contribution in [0.15, 0.2) is 0 Å². The van der Waals surface area contributed by atoms with E-state index in [2.05, 4.69) is 13.1 Å². The summed E-state index contributed by atoms with van der Waals surface area (Å²) in [5.41, 5.74) is 0.916. The van der Waals surface area contributed by atoms with Crippen LogP contribution in [0.4, 0.5) is 0 Å². The number of hydrogen-bond acceptors (Lipinski definition) is 0. The maximum atomic E-state index is 6.28. The summed E-state index contributed by atoms with van der Waals surface area (Å²) in [5, 5.41) is 0. The first-order valence-electron chi connectivity index (χ1n) is 6.67. The predicted molar refractivity (Wildman–Crippen MR) is 93.2 cm³/mol. The second kappa shape index (κ2) is 16.3. The second-order valence-corrected chi connectivity index (χ2v) is 16.0. The third-order valence-electron chi connectivity index (χ3n) is 3.58. The van der Waals surface area contributed by atoms with Crippen LogP contribution < -0.4 is 0 Å². The topological polar surface area (TPSA) is 0 Å². The summed E-state index contributed by atoms with van der Waals surface area (Å²) in [6.45, 7) is 4.54. The Balaban J connectivity index is -0.000000221. The summed E-state index contributed by atoms with van der Waals surface area (Å²) >= 11 is 5.45. The van der Waals surface area contributed by atoms with E-state index in [0.29, 0.717) is 0 Å². The molecule has 0 heterocycles. The molecule has 2 fully saturated rings. The molecule has 0 aromatic heterocycles. The first-order chi connectivity index (χ1) is 8.02. The summed E-state index contributed by atoms with van der Waals surface area (Å²) in [4.78, 5) is 0. The van der Waals surface area contributed by atoms with Crippen LogP contribution in [0, 0.1) is 14.9 Å². The van der Waals surface area contributed by atoms with Crippen molar-refractivity contribution < 1.29 is 20.8 Å². The zero-order valence-corrected chi connectivity index (χ0v) is 18.8. The summed E-state index contributed by atoms with van der Waals surface area (Å²) in [6, 6.07) is 0. The first kappa shape index (κ1) is 25.9. The molecular weight excluding hydrogens is 394 g/mol. The zero-order valence-electron chi connectivity index (χ0n) is 13.1. The van der Waals surface area contributed by atoms with Crippen molar-refractivity contribution >= 4 is 35.5 Å². The average molecular weight is 425 g/mol. The molecule has 2 saturated carbocycles. The van der Waals surface area contributed by atoms with Gasteiger partial charge in [0.25, 0.3) is 0 Å². The Morgan fingerprint density at radius 2 is 1.05 bits per heavy atom. The fourth-order valence-electron chi connectivity index (χ4n) is 2.50. The average Bonchev–Trinajstić information content (AvgIpc) is 2.95. The number of hydrogen-bond donors (Lipinski definition) is 0. The number of rotatable bonds is 1. The van der Waals surface area contributed by atoms with Gasteiger partial charge >= 0.3 is 37.9 Å². The van der Waals surface area contributed by atoms with E-state index >= 15 is 0 Å². The quantitative estimate of drug-likeness (QED) is 0.231. The first-order valence-corrected chi connectivity index (χ1v) is 17.1. The molecule has 5 heteroatoms. The molecule has 116 valence electrons. The van der Waals surface area contributed by atoms with Crippen molar-refractivity contribution in [3.8, 4) is 0 Å². The van der Waals surface area contributed by atoms with Crippen molar-refractivity contribution in [1.29, 1.82) is 0 Å². The zero-order chi connectivity index (χ0) is 13.1. The Bertz CT molecular complexity index is 157. The van der Waals surface area contributed by atoms with Crippen LogP contribution in [0.5, 0.6) is 0 Å². The monoisotopic (exact) mass is 422 g/mol. The van der Waals surface area contributed by atoms with Gasteiger partial charge < -0.3 is 14.9 Å². The van der Waals surface area contributed by atoms with Crippen LogP contribution in [-0.2, 0) is 20.8 Å². The van der Waals surface area contributed by atoms with E-state index in [0.717, 1.165) is 5.54 Å². The van der Waals surface area contributed by atoms with Gasteiger partial charge in [0, 0.05) is 0 Å². The minimum absolute atomic E-state index is 0. The van der Waals surface area contributed by atoms with Gasteiger partial charge in [0.2, 0.25) is 0 Å². The molecule has 2 aliphatic carbocycles. The SMILES string of the molecule is C1CCCC1.C[Si](C)(Cl)C1CCCC1.[CH3-].[CH3-].[Cl][Zr+2][Cl].